The lowest BCUT2D eigenvalue weighted by Gasteiger charge is -2.21. The van der Waals surface area contributed by atoms with E-state index in [1.54, 1.807) is 0 Å². The van der Waals surface area contributed by atoms with Crippen LogP contribution in [0.3, 0.4) is 0 Å². The Morgan fingerprint density at radius 2 is 2.11 bits per heavy atom. The molecule has 0 radical (unpaired) electrons. The first-order chi connectivity index (χ1) is 9.20. The molecule has 1 saturated carbocycles. The van der Waals surface area contributed by atoms with Crippen LogP contribution >= 0.6 is 0 Å². The number of nitrogens with one attached hydrogen (secondary N) is 1. The zero-order chi connectivity index (χ0) is 13.7. The molecule has 2 rings (SSSR count). The van der Waals surface area contributed by atoms with E-state index in [4.69, 9.17) is 5.73 Å². The van der Waals surface area contributed by atoms with Crippen molar-refractivity contribution in [3.8, 4) is 0 Å². The number of amides is 1. The molecule has 0 aliphatic heterocycles. The van der Waals surface area contributed by atoms with E-state index in [-0.39, 0.29) is 17.9 Å². The highest BCUT2D eigenvalue weighted by Crippen LogP contribution is 2.31. The van der Waals surface area contributed by atoms with Crippen LogP contribution in [-0.2, 0) is 11.2 Å². The molecule has 1 aliphatic carbocycles. The molecular weight excluding hydrogens is 236 g/mol. The molecule has 3 N–H and O–H groups in total. The third kappa shape index (κ3) is 3.80. The van der Waals surface area contributed by atoms with E-state index in [9.17, 15) is 4.79 Å². The van der Waals surface area contributed by atoms with Crippen molar-refractivity contribution in [2.75, 3.05) is 6.54 Å². The van der Waals surface area contributed by atoms with Crippen molar-refractivity contribution < 1.29 is 4.79 Å². The van der Waals surface area contributed by atoms with Crippen LogP contribution in [0.15, 0.2) is 30.3 Å². The monoisotopic (exact) mass is 260 g/mol. The fourth-order valence-electron chi connectivity index (χ4n) is 2.94. The molecule has 3 atom stereocenters. The van der Waals surface area contributed by atoms with E-state index in [1.807, 2.05) is 18.2 Å². The van der Waals surface area contributed by atoms with Gasteiger partial charge in [0.15, 0.2) is 0 Å². The molecule has 1 aromatic rings. The molecule has 0 aromatic heterocycles. The minimum atomic E-state index is 0.0442. The summed E-state index contributed by atoms with van der Waals surface area (Å²) < 4.78 is 0. The van der Waals surface area contributed by atoms with Crippen molar-refractivity contribution >= 4 is 5.91 Å². The third-order valence-corrected chi connectivity index (χ3v) is 4.15. The second-order valence-electron chi connectivity index (χ2n) is 5.65. The molecule has 1 fully saturated rings. The van der Waals surface area contributed by atoms with Gasteiger partial charge in [0.25, 0.3) is 0 Å². The molecule has 3 unspecified atom stereocenters. The normalized spacial score (nSPS) is 24.1. The zero-order valence-electron chi connectivity index (χ0n) is 11.6. The van der Waals surface area contributed by atoms with Crippen LogP contribution in [0.1, 0.15) is 31.7 Å². The first-order valence-electron chi connectivity index (χ1n) is 7.25. The van der Waals surface area contributed by atoms with Crippen LogP contribution in [0.5, 0.6) is 0 Å². The van der Waals surface area contributed by atoms with Gasteiger partial charge in [0.1, 0.15) is 0 Å². The van der Waals surface area contributed by atoms with Crippen LogP contribution in [0, 0.1) is 11.8 Å². The molecule has 1 amide bonds. The third-order valence-electron chi connectivity index (χ3n) is 4.15. The molecule has 0 spiro atoms. The highest BCUT2D eigenvalue weighted by atomic mass is 16.2. The highest BCUT2D eigenvalue weighted by Gasteiger charge is 2.30. The molecule has 104 valence electrons. The molecule has 1 aliphatic rings. The van der Waals surface area contributed by atoms with Crippen molar-refractivity contribution in [1.29, 1.82) is 0 Å². The molecule has 3 nitrogen and oxygen atoms in total. The van der Waals surface area contributed by atoms with Crippen LogP contribution in [0.4, 0.5) is 0 Å². The highest BCUT2D eigenvalue weighted by molar-refractivity contribution is 5.79. The Hall–Kier alpha value is -1.35. The predicted octanol–water partition coefficient (Wildman–Crippen LogP) is 2.11. The van der Waals surface area contributed by atoms with Gasteiger partial charge in [0.2, 0.25) is 5.91 Å². The number of hydrogen-bond acceptors (Lipinski definition) is 2. The topological polar surface area (TPSA) is 55.1 Å². The van der Waals surface area contributed by atoms with Gasteiger partial charge in [-0.3, -0.25) is 4.79 Å². The lowest BCUT2D eigenvalue weighted by Crippen LogP contribution is -2.44. The van der Waals surface area contributed by atoms with E-state index < -0.39 is 0 Å². The van der Waals surface area contributed by atoms with Crippen molar-refractivity contribution in [2.45, 2.75) is 38.6 Å². The Kier molecular flexibility index (Phi) is 4.97. The summed E-state index contributed by atoms with van der Waals surface area (Å²) in [5, 5.41) is 3.12. The van der Waals surface area contributed by atoms with Gasteiger partial charge in [-0.1, -0.05) is 43.7 Å². The molecule has 0 bridgehead atoms. The maximum Gasteiger partial charge on any atom is 0.223 e. The number of nitrogens with two attached hydrogens (primary N) is 1. The van der Waals surface area contributed by atoms with Gasteiger partial charge in [0.05, 0.1) is 0 Å². The minimum Gasteiger partial charge on any atom is -0.352 e. The summed E-state index contributed by atoms with van der Waals surface area (Å²) in [6.45, 7) is 2.66. The van der Waals surface area contributed by atoms with Crippen LogP contribution in [0.25, 0.3) is 0 Å². The number of hydrogen-bond donors (Lipinski definition) is 2. The lowest BCUT2D eigenvalue weighted by atomic mass is 9.96. The van der Waals surface area contributed by atoms with Crippen LogP contribution in [-0.4, -0.2) is 18.5 Å². The van der Waals surface area contributed by atoms with Crippen molar-refractivity contribution in [3.63, 3.8) is 0 Å². The second-order valence-corrected chi connectivity index (χ2v) is 5.65. The molecule has 3 heteroatoms. The predicted molar refractivity (Wildman–Crippen MR) is 77.6 cm³/mol. The van der Waals surface area contributed by atoms with Crippen LogP contribution in [0.2, 0.25) is 0 Å². The summed E-state index contributed by atoms with van der Waals surface area (Å²) in [5.41, 5.74) is 7.01. The van der Waals surface area contributed by atoms with Crippen molar-refractivity contribution in [3.05, 3.63) is 35.9 Å². The van der Waals surface area contributed by atoms with E-state index >= 15 is 0 Å². The fourth-order valence-corrected chi connectivity index (χ4v) is 2.94. The summed E-state index contributed by atoms with van der Waals surface area (Å²) in [4.78, 5) is 12.2. The van der Waals surface area contributed by atoms with Crippen molar-refractivity contribution in [2.24, 2.45) is 17.6 Å². The number of carbonyl (C=O) groups is 1. The Morgan fingerprint density at radius 3 is 2.68 bits per heavy atom. The fraction of sp³-hybridized carbons (Fsp3) is 0.562. The number of rotatable bonds is 5. The first kappa shape index (κ1) is 14.1. The maximum atomic E-state index is 12.2. The van der Waals surface area contributed by atoms with Gasteiger partial charge >= 0.3 is 0 Å². The van der Waals surface area contributed by atoms with Gasteiger partial charge in [-0.05, 0) is 30.7 Å². The van der Waals surface area contributed by atoms with E-state index in [1.165, 1.54) is 18.4 Å². The van der Waals surface area contributed by atoms with Gasteiger partial charge in [-0.15, -0.1) is 0 Å². The summed E-state index contributed by atoms with van der Waals surface area (Å²) in [5.74, 6) is 0.886. The SMILES string of the molecule is CC1CCCC1C(=O)NC(CN)Cc1ccccc1. The zero-order valence-corrected chi connectivity index (χ0v) is 11.6. The van der Waals surface area contributed by atoms with Gasteiger partial charge in [-0.2, -0.15) is 0 Å². The number of carbonyl (C=O) groups excluding carboxylic acids is 1. The quantitative estimate of drug-likeness (QED) is 0.852. The molecule has 1 aromatic carbocycles. The van der Waals surface area contributed by atoms with Crippen LogP contribution < -0.4 is 11.1 Å². The average molecular weight is 260 g/mol. The summed E-state index contributed by atoms with van der Waals surface area (Å²) >= 11 is 0. The lowest BCUT2D eigenvalue weighted by molar-refractivity contribution is -0.126. The second kappa shape index (κ2) is 6.71. The van der Waals surface area contributed by atoms with E-state index in [2.05, 4.69) is 24.4 Å². The first-order valence-corrected chi connectivity index (χ1v) is 7.25. The summed E-state index contributed by atoms with van der Waals surface area (Å²) in [6, 6.07) is 10.2. The number of benzene rings is 1. The van der Waals surface area contributed by atoms with Gasteiger partial charge in [-0.25, -0.2) is 0 Å². The largest absolute Gasteiger partial charge is 0.352 e. The molecule has 0 heterocycles. The summed E-state index contributed by atoms with van der Waals surface area (Å²) in [7, 11) is 0. The Morgan fingerprint density at radius 1 is 1.37 bits per heavy atom. The smallest absolute Gasteiger partial charge is 0.223 e. The molecule has 19 heavy (non-hydrogen) atoms. The van der Waals surface area contributed by atoms with Gasteiger partial charge < -0.3 is 11.1 Å². The maximum absolute atomic E-state index is 12.2. The minimum absolute atomic E-state index is 0.0442. The van der Waals surface area contributed by atoms with Gasteiger partial charge in [0, 0.05) is 18.5 Å². The van der Waals surface area contributed by atoms with E-state index in [0.717, 1.165) is 12.8 Å². The standard InChI is InChI=1S/C16H24N2O/c1-12-6-5-9-15(12)16(19)18-14(11-17)10-13-7-3-2-4-8-13/h2-4,7-8,12,14-15H,5-6,9-11,17H2,1H3,(H,18,19). The van der Waals surface area contributed by atoms with E-state index in [0.29, 0.717) is 12.5 Å². The molecular formula is C16H24N2O. The Balaban J connectivity index is 1.90. The summed E-state index contributed by atoms with van der Waals surface area (Å²) in [6.07, 6.45) is 4.18. The molecule has 0 saturated heterocycles. The Labute approximate surface area is 115 Å². The Bertz CT molecular complexity index is 404. The van der Waals surface area contributed by atoms with Crippen molar-refractivity contribution in [1.82, 2.24) is 5.32 Å². The average Bonchev–Trinajstić information content (AvgIpc) is 2.85.